The molecular weight excluding hydrogens is 202 g/mol. The minimum absolute atomic E-state index is 0.153. The summed E-state index contributed by atoms with van der Waals surface area (Å²) in [5, 5.41) is 9.01. The second-order valence-corrected chi connectivity index (χ2v) is 5.19. The van der Waals surface area contributed by atoms with E-state index in [1.165, 1.54) is 4.90 Å². The van der Waals surface area contributed by atoms with E-state index in [1.54, 1.807) is 27.7 Å². The van der Waals surface area contributed by atoms with Gasteiger partial charge in [-0.25, -0.2) is 4.79 Å². The molecule has 0 aromatic carbocycles. The highest BCUT2D eigenvalue weighted by molar-refractivity contribution is 7.81. The first-order valence-corrected chi connectivity index (χ1v) is 4.84. The summed E-state index contributed by atoms with van der Waals surface area (Å²) in [5.74, 6) is -1.04. The monoisotopic (exact) mass is 219 g/mol. The number of hydrogen-bond acceptors (Lipinski definition) is 3. The summed E-state index contributed by atoms with van der Waals surface area (Å²) in [5.41, 5.74) is 0. The molecule has 0 bridgehead atoms. The van der Waals surface area contributed by atoms with Gasteiger partial charge in [0.2, 0.25) is 6.41 Å². The van der Waals surface area contributed by atoms with Crippen LogP contribution in [0.4, 0.5) is 0 Å². The van der Waals surface area contributed by atoms with Gasteiger partial charge in [0, 0.05) is 10.8 Å². The van der Waals surface area contributed by atoms with Crippen LogP contribution in [0.5, 0.6) is 0 Å². The van der Waals surface area contributed by atoms with Crippen molar-refractivity contribution in [2.24, 2.45) is 0 Å². The lowest BCUT2D eigenvalue weighted by molar-refractivity contribution is -0.148. The van der Waals surface area contributed by atoms with Gasteiger partial charge >= 0.3 is 5.97 Å². The van der Waals surface area contributed by atoms with Crippen molar-refractivity contribution >= 4 is 25.0 Å². The Morgan fingerprint density at radius 1 is 1.50 bits per heavy atom. The molecule has 0 aliphatic heterocycles. The highest BCUT2D eigenvalue weighted by atomic mass is 32.1. The quantitative estimate of drug-likeness (QED) is 0.536. The Balaban J connectivity index is 4.99. The fourth-order valence-corrected chi connectivity index (χ4v) is 1.52. The fourth-order valence-electron chi connectivity index (χ4n) is 1.28. The predicted molar refractivity (Wildman–Crippen MR) is 57.5 cm³/mol. The van der Waals surface area contributed by atoms with Crippen LogP contribution in [0.25, 0.3) is 0 Å². The largest absolute Gasteiger partial charge is 0.480 e. The van der Waals surface area contributed by atoms with Crippen LogP contribution in [-0.4, -0.2) is 39.2 Å². The van der Waals surface area contributed by atoms with Crippen molar-refractivity contribution in [2.45, 2.75) is 44.5 Å². The molecule has 5 heteroatoms. The zero-order valence-corrected chi connectivity index (χ0v) is 9.78. The minimum atomic E-state index is -1.04. The Kier molecular flexibility index (Phi) is 4.45. The molecule has 0 aliphatic rings. The zero-order valence-electron chi connectivity index (χ0n) is 8.89. The van der Waals surface area contributed by atoms with Gasteiger partial charge in [0.25, 0.3) is 0 Å². The normalized spacial score (nSPS) is 13.9. The summed E-state index contributed by atoms with van der Waals surface area (Å²) in [6.07, 6.45) is 0.557. The van der Waals surface area contributed by atoms with Crippen LogP contribution < -0.4 is 0 Å². The van der Waals surface area contributed by atoms with E-state index in [4.69, 9.17) is 5.11 Å². The van der Waals surface area contributed by atoms with Crippen molar-refractivity contribution in [3.8, 4) is 0 Å². The van der Waals surface area contributed by atoms with Crippen LogP contribution >= 0.6 is 12.6 Å². The number of nitrogens with zero attached hydrogens (tertiary/aromatic N) is 1. The molecule has 0 aliphatic carbocycles. The third-order valence-electron chi connectivity index (χ3n) is 1.92. The molecule has 0 radical (unpaired) electrons. The number of hydrogen-bond donors (Lipinski definition) is 2. The average Bonchev–Trinajstić information content (AvgIpc) is 1.95. The SMILES string of the molecule is CC(C)N(C=O)C(C(=O)O)C(C)(C)S. The smallest absolute Gasteiger partial charge is 0.327 e. The standard InChI is InChI=1S/C9H17NO3S/c1-6(2)10(5-11)7(8(12)13)9(3,4)14/h5-7,14H,1-4H3,(H,12,13). The molecular formula is C9H17NO3S. The molecule has 0 heterocycles. The van der Waals surface area contributed by atoms with Crippen molar-refractivity contribution in [3.63, 3.8) is 0 Å². The Hall–Kier alpha value is -0.710. The van der Waals surface area contributed by atoms with Crippen LogP contribution in [0.2, 0.25) is 0 Å². The molecule has 1 N–H and O–H groups in total. The highest BCUT2D eigenvalue weighted by Gasteiger charge is 2.37. The van der Waals surface area contributed by atoms with Crippen LogP contribution in [0.15, 0.2) is 0 Å². The van der Waals surface area contributed by atoms with Gasteiger partial charge in [0.15, 0.2) is 0 Å². The summed E-state index contributed by atoms with van der Waals surface area (Å²) in [7, 11) is 0. The molecule has 14 heavy (non-hydrogen) atoms. The number of amides is 1. The van der Waals surface area contributed by atoms with Crippen molar-refractivity contribution in [1.82, 2.24) is 4.90 Å². The number of carbonyl (C=O) groups is 2. The van der Waals surface area contributed by atoms with Crippen LogP contribution in [0, 0.1) is 0 Å². The lowest BCUT2D eigenvalue weighted by atomic mass is 10.0. The molecule has 1 atom stereocenters. The molecule has 82 valence electrons. The van der Waals surface area contributed by atoms with Crippen LogP contribution in [0.3, 0.4) is 0 Å². The molecule has 0 saturated carbocycles. The first-order valence-electron chi connectivity index (χ1n) is 4.39. The molecule has 4 nitrogen and oxygen atoms in total. The van der Waals surface area contributed by atoms with E-state index in [1.807, 2.05) is 0 Å². The van der Waals surface area contributed by atoms with E-state index >= 15 is 0 Å². The van der Waals surface area contributed by atoms with Crippen LogP contribution in [-0.2, 0) is 9.59 Å². The van der Waals surface area contributed by atoms with E-state index in [0.717, 1.165) is 0 Å². The lowest BCUT2D eigenvalue weighted by Gasteiger charge is -2.36. The maximum absolute atomic E-state index is 11.0. The van der Waals surface area contributed by atoms with Gasteiger partial charge in [-0.2, -0.15) is 12.6 Å². The van der Waals surface area contributed by atoms with E-state index in [0.29, 0.717) is 6.41 Å². The van der Waals surface area contributed by atoms with Gasteiger partial charge in [0.1, 0.15) is 6.04 Å². The predicted octanol–water partition coefficient (Wildman–Crippen LogP) is 1.01. The first kappa shape index (κ1) is 13.3. The first-order chi connectivity index (χ1) is 6.21. The Morgan fingerprint density at radius 2 is 1.93 bits per heavy atom. The van der Waals surface area contributed by atoms with Crippen molar-refractivity contribution in [2.75, 3.05) is 0 Å². The molecule has 0 aromatic heterocycles. The summed E-state index contributed by atoms with van der Waals surface area (Å²) >= 11 is 4.20. The van der Waals surface area contributed by atoms with Crippen molar-refractivity contribution in [1.29, 1.82) is 0 Å². The summed E-state index contributed by atoms with van der Waals surface area (Å²) in [6.45, 7) is 6.88. The Morgan fingerprint density at radius 3 is 2.00 bits per heavy atom. The molecule has 1 unspecified atom stereocenters. The molecule has 0 aromatic rings. The highest BCUT2D eigenvalue weighted by Crippen LogP contribution is 2.23. The number of carboxylic acid groups (broad SMARTS) is 1. The number of carboxylic acids is 1. The second-order valence-electron chi connectivity index (χ2n) is 4.04. The molecule has 0 saturated heterocycles. The Bertz CT molecular complexity index is 223. The number of aliphatic carboxylic acids is 1. The summed E-state index contributed by atoms with van der Waals surface area (Å²) < 4.78 is -0.767. The maximum atomic E-state index is 11.0. The van der Waals surface area contributed by atoms with Gasteiger partial charge < -0.3 is 10.0 Å². The molecule has 0 rings (SSSR count). The van der Waals surface area contributed by atoms with Gasteiger partial charge in [-0.1, -0.05) is 0 Å². The van der Waals surface area contributed by atoms with Crippen molar-refractivity contribution < 1.29 is 14.7 Å². The Labute approximate surface area is 89.7 Å². The minimum Gasteiger partial charge on any atom is -0.480 e. The van der Waals surface area contributed by atoms with Crippen LogP contribution in [0.1, 0.15) is 27.7 Å². The third-order valence-corrected chi connectivity index (χ3v) is 2.16. The summed E-state index contributed by atoms with van der Waals surface area (Å²) in [4.78, 5) is 23.0. The third kappa shape index (κ3) is 3.21. The van der Waals surface area contributed by atoms with E-state index in [2.05, 4.69) is 12.6 Å². The van der Waals surface area contributed by atoms with E-state index < -0.39 is 16.8 Å². The fraction of sp³-hybridized carbons (Fsp3) is 0.778. The number of carbonyl (C=O) groups excluding carboxylic acids is 1. The van der Waals surface area contributed by atoms with E-state index in [9.17, 15) is 9.59 Å². The van der Waals surface area contributed by atoms with Gasteiger partial charge in [0.05, 0.1) is 0 Å². The molecule has 0 fully saturated rings. The maximum Gasteiger partial charge on any atom is 0.327 e. The van der Waals surface area contributed by atoms with Gasteiger partial charge in [-0.05, 0) is 27.7 Å². The topological polar surface area (TPSA) is 57.6 Å². The van der Waals surface area contributed by atoms with E-state index in [-0.39, 0.29) is 6.04 Å². The second kappa shape index (κ2) is 4.68. The number of thiol groups is 1. The molecule has 0 spiro atoms. The van der Waals surface area contributed by atoms with Gasteiger partial charge in [-0.15, -0.1) is 0 Å². The average molecular weight is 219 g/mol. The zero-order chi connectivity index (χ0) is 11.5. The van der Waals surface area contributed by atoms with Gasteiger partial charge in [-0.3, -0.25) is 4.79 Å². The summed E-state index contributed by atoms with van der Waals surface area (Å²) in [6, 6.07) is -1.07. The number of rotatable bonds is 5. The lowest BCUT2D eigenvalue weighted by Crippen LogP contribution is -2.53. The molecule has 1 amide bonds. The van der Waals surface area contributed by atoms with Crippen molar-refractivity contribution in [3.05, 3.63) is 0 Å².